The van der Waals surface area contributed by atoms with Crippen LogP contribution in [0.25, 0.3) is 11.3 Å². The molecule has 3 amide bonds. The topological polar surface area (TPSA) is 107 Å². The van der Waals surface area contributed by atoms with Crippen LogP contribution < -0.4 is 15.5 Å². The van der Waals surface area contributed by atoms with E-state index < -0.39 is 23.2 Å². The molecule has 0 spiro atoms. The van der Waals surface area contributed by atoms with Gasteiger partial charge in [-0.1, -0.05) is 24.3 Å². The number of hydrogen-bond donors (Lipinski definition) is 2. The second-order valence-corrected chi connectivity index (χ2v) is 15.3. The van der Waals surface area contributed by atoms with Crippen LogP contribution in [0.2, 0.25) is 0 Å². The number of anilines is 2. The van der Waals surface area contributed by atoms with Crippen LogP contribution >= 0.6 is 0 Å². The van der Waals surface area contributed by atoms with Gasteiger partial charge < -0.3 is 25.2 Å². The molecule has 0 saturated carbocycles. The van der Waals surface area contributed by atoms with Gasteiger partial charge in [0.2, 0.25) is 0 Å². The van der Waals surface area contributed by atoms with Crippen molar-refractivity contribution in [3.63, 3.8) is 0 Å². The van der Waals surface area contributed by atoms with Crippen LogP contribution in [0.15, 0.2) is 85.1 Å². The third-order valence-electron chi connectivity index (χ3n) is 9.81. The van der Waals surface area contributed by atoms with Crippen molar-refractivity contribution in [3.8, 4) is 11.3 Å². The summed E-state index contributed by atoms with van der Waals surface area (Å²) in [4.78, 5) is 50.7. The highest BCUT2D eigenvalue weighted by Crippen LogP contribution is 2.34. The molecule has 0 aliphatic carbocycles. The summed E-state index contributed by atoms with van der Waals surface area (Å²) in [5.41, 5.74) is 3.29. The first-order chi connectivity index (χ1) is 26.7. The Labute approximate surface area is 326 Å². The van der Waals surface area contributed by atoms with Gasteiger partial charge in [-0.15, -0.1) is 0 Å². The summed E-state index contributed by atoms with van der Waals surface area (Å²) < 4.78 is 45.3. The maximum Gasteiger partial charge on any atom is 0.416 e. The van der Waals surface area contributed by atoms with Gasteiger partial charge in [0, 0.05) is 80.9 Å². The Morgan fingerprint density at radius 2 is 1.50 bits per heavy atom. The predicted octanol–water partition coefficient (Wildman–Crippen LogP) is 8.38. The number of nitrogens with zero attached hydrogens (tertiary/aromatic N) is 4. The number of carbonyl (C=O) groups is 3. The van der Waals surface area contributed by atoms with Crippen LogP contribution in [0.5, 0.6) is 0 Å². The fourth-order valence-corrected chi connectivity index (χ4v) is 6.96. The van der Waals surface area contributed by atoms with E-state index in [2.05, 4.69) is 25.4 Å². The number of pyridine rings is 1. The van der Waals surface area contributed by atoms with Crippen molar-refractivity contribution >= 4 is 29.3 Å². The summed E-state index contributed by atoms with van der Waals surface area (Å²) in [7, 11) is 0. The molecule has 2 aliphatic heterocycles. The normalized spacial score (nSPS) is 15.5. The zero-order valence-electron chi connectivity index (χ0n) is 32.1. The quantitative estimate of drug-likeness (QED) is 0.176. The minimum Gasteiger partial charge on any atom is -0.444 e. The monoisotopic (exact) mass is 770 g/mol. The minimum atomic E-state index is -4.49. The highest BCUT2D eigenvalue weighted by molar-refractivity contribution is 6.06. The molecule has 0 unspecified atom stereocenters. The minimum absolute atomic E-state index is 0.0898. The largest absolute Gasteiger partial charge is 0.444 e. The average molecular weight is 771 g/mol. The summed E-state index contributed by atoms with van der Waals surface area (Å²) in [6.07, 6.45) is 0.834. The van der Waals surface area contributed by atoms with Gasteiger partial charge in [0.05, 0.1) is 16.9 Å². The molecule has 1 aromatic heterocycles. The molecule has 3 heterocycles. The smallest absolute Gasteiger partial charge is 0.416 e. The Balaban J connectivity index is 1.18. The molecule has 0 bridgehead atoms. The van der Waals surface area contributed by atoms with E-state index >= 15 is 0 Å². The molecule has 2 N–H and O–H groups in total. The van der Waals surface area contributed by atoms with Crippen LogP contribution in [-0.4, -0.2) is 77.6 Å². The van der Waals surface area contributed by atoms with Gasteiger partial charge in [-0.05, 0) is 112 Å². The lowest BCUT2D eigenvalue weighted by molar-refractivity contribution is -0.137. The van der Waals surface area contributed by atoms with Crippen LogP contribution in [0, 0.1) is 0 Å². The maximum atomic E-state index is 13.8. The molecule has 10 nitrogen and oxygen atoms in total. The van der Waals surface area contributed by atoms with E-state index in [1.54, 1.807) is 23.1 Å². The van der Waals surface area contributed by atoms with Crippen molar-refractivity contribution in [3.05, 3.63) is 113 Å². The molecule has 3 aromatic carbocycles. The van der Waals surface area contributed by atoms with E-state index in [1.165, 1.54) is 18.3 Å². The summed E-state index contributed by atoms with van der Waals surface area (Å²) in [5, 5.41) is 5.80. The molecule has 56 heavy (non-hydrogen) atoms. The Morgan fingerprint density at radius 3 is 2.27 bits per heavy atom. The third-order valence-corrected chi connectivity index (χ3v) is 9.81. The first kappa shape index (κ1) is 40.2. The van der Waals surface area contributed by atoms with Gasteiger partial charge in [-0.2, -0.15) is 13.2 Å². The molecular formula is C43H49F3N6O4. The number of benzene rings is 3. The van der Waals surface area contributed by atoms with Crippen molar-refractivity contribution in [2.75, 3.05) is 49.5 Å². The molecule has 6 rings (SSSR count). The zero-order chi connectivity index (χ0) is 39.9. The molecule has 296 valence electrons. The van der Waals surface area contributed by atoms with E-state index in [9.17, 15) is 27.6 Å². The SMILES string of the molecule is CC(C)(C)OC(=O)N1CCCN(Cc2cccc(C(=O)Nc3ccc(N4CCCCC4)cc3-c3cc(C(=O)NCc4cccc(C(F)(F)F)c4)ccn3)c2)CC1. The lowest BCUT2D eigenvalue weighted by Gasteiger charge is -2.29. The number of amides is 3. The van der Waals surface area contributed by atoms with Gasteiger partial charge in [0.1, 0.15) is 5.60 Å². The first-order valence-corrected chi connectivity index (χ1v) is 19.1. The van der Waals surface area contributed by atoms with E-state index in [0.29, 0.717) is 54.3 Å². The number of halogens is 3. The number of nitrogens with one attached hydrogen (secondary N) is 2. The third kappa shape index (κ3) is 10.9. The fourth-order valence-electron chi connectivity index (χ4n) is 6.96. The summed E-state index contributed by atoms with van der Waals surface area (Å²) in [6.45, 7) is 10.6. The van der Waals surface area contributed by atoms with Gasteiger partial charge in [-0.25, -0.2) is 4.79 Å². The van der Waals surface area contributed by atoms with Crippen LogP contribution in [0.1, 0.15) is 83.9 Å². The zero-order valence-corrected chi connectivity index (χ0v) is 32.1. The standard InChI is InChI=1S/C43H49F3N6O4/c1-42(2,3)56-41(55)52-21-9-18-50(22-23-52)29-31-11-7-12-32(24-31)40(54)49-37-15-14-35(51-19-5-4-6-20-51)27-36(37)38-26-33(16-17-47-38)39(53)48-28-30-10-8-13-34(25-30)43(44,45)46/h7-8,10-17,24-27H,4-6,9,18-23,28-29H2,1-3H3,(H,48,53)(H,49,54). The molecule has 2 saturated heterocycles. The molecular weight excluding hydrogens is 722 g/mol. The molecule has 0 atom stereocenters. The predicted molar refractivity (Wildman–Crippen MR) is 210 cm³/mol. The van der Waals surface area contributed by atoms with E-state index in [0.717, 1.165) is 68.7 Å². The lowest BCUT2D eigenvalue weighted by atomic mass is 10.0. The number of aromatic nitrogens is 1. The Kier molecular flexibility index (Phi) is 12.6. The molecule has 2 aliphatic rings. The fraction of sp³-hybridized carbons (Fsp3) is 0.395. The Hall–Kier alpha value is -5.43. The van der Waals surface area contributed by atoms with Crippen molar-refractivity contribution in [1.82, 2.24) is 20.1 Å². The van der Waals surface area contributed by atoms with Gasteiger partial charge in [-0.3, -0.25) is 19.5 Å². The molecule has 0 radical (unpaired) electrons. The number of hydrogen-bond acceptors (Lipinski definition) is 7. The van der Waals surface area contributed by atoms with Crippen LogP contribution in [-0.2, 0) is 24.0 Å². The van der Waals surface area contributed by atoms with E-state index in [1.807, 2.05) is 57.2 Å². The van der Waals surface area contributed by atoms with Crippen molar-refractivity contribution < 1.29 is 32.3 Å². The summed E-state index contributed by atoms with van der Waals surface area (Å²) in [5.74, 6) is -0.775. The van der Waals surface area contributed by atoms with Gasteiger partial charge in [0.15, 0.2) is 0 Å². The number of ether oxygens (including phenoxy) is 1. The molecule has 13 heteroatoms. The van der Waals surface area contributed by atoms with Crippen LogP contribution in [0.3, 0.4) is 0 Å². The summed E-state index contributed by atoms with van der Waals surface area (Å²) >= 11 is 0. The van der Waals surface area contributed by atoms with Crippen molar-refractivity contribution in [2.24, 2.45) is 0 Å². The van der Waals surface area contributed by atoms with Gasteiger partial charge in [0.25, 0.3) is 11.8 Å². The number of carbonyl (C=O) groups excluding carboxylic acids is 3. The highest BCUT2D eigenvalue weighted by Gasteiger charge is 2.30. The Morgan fingerprint density at radius 1 is 0.750 bits per heavy atom. The van der Waals surface area contributed by atoms with E-state index in [4.69, 9.17) is 4.74 Å². The number of piperidine rings is 1. The highest BCUT2D eigenvalue weighted by atomic mass is 19.4. The Bertz CT molecular complexity index is 2030. The maximum absolute atomic E-state index is 13.8. The lowest BCUT2D eigenvalue weighted by Crippen LogP contribution is -2.39. The van der Waals surface area contributed by atoms with Crippen LogP contribution in [0.4, 0.5) is 29.3 Å². The number of alkyl halides is 3. The van der Waals surface area contributed by atoms with Gasteiger partial charge >= 0.3 is 12.3 Å². The molecule has 2 fully saturated rings. The van der Waals surface area contributed by atoms with E-state index in [-0.39, 0.29) is 24.1 Å². The summed E-state index contributed by atoms with van der Waals surface area (Å²) in [6, 6.07) is 21.3. The van der Waals surface area contributed by atoms with Crippen molar-refractivity contribution in [1.29, 1.82) is 0 Å². The molecule has 4 aromatic rings. The van der Waals surface area contributed by atoms with Crippen molar-refractivity contribution in [2.45, 2.75) is 71.3 Å². The first-order valence-electron chi connectivity index (χ1n) is 19.1. The number of rotatable bonds is 9. The second kappa shape index (κ2) is 17.6. The second-order valence-electron chi connectivity index (χ2n) is 15.3. The average Bonchev–Trinajstić information content (AvgIpc) is 3.42.